The molecule has 0 aromatic heterocycles. The molecule has 3 rings (SSSR count). The lowest BCUT2D eigenvalue weighted by molar-refractivity contribution is -0.145. The maximum Gasteiger partial charge on any atom is 0.314 e. The first-order valence-electron chi connectivity index (χ1n) is 13.6. The van der Waals surface area contributed by atoms with Gasteiger partial charge in [-0.3, -0.25) is 4.79 Å². The molecular formula is C31H43FO2. The van der Waals surface area contributed by atoms with Crippen LogP contribution in [0, 0.1) is 11.7 Å². The molecule has 0 radical (unpaired) electrons. The normalized spacial score (nSPS) is 20.4. The first-order valence-corrected chi connectivity index (χ1v) is 13.6. The number of hydrogen-bond donors (Lipinski definition) is 1. The van der Waals surface area contributed by atoms with Gasteiger partial charge in [-0.05, 0) is 72.8 Å². The molecule has 3 heteroatoms. The second-order valence-corrected chi connectivity index (χ2v) is 10.4. The number of unbranched alkanes of at least 4 members (excludes halogenated alkanes) is 6. The average Bonchev–Trinajstić information content (AvgIpc) is 2.85. The molecule has 1 aliphatic carbocycles. The summed E-state index contributed by atoms with van der Waals surface area (Å²) in [5.74, 6) is -0.187. The summed E-state index contributed by atoms with van der Waals surface area (Å²) in [4.78, 5) is 12.4. The van der Waals surface area contributed by atoms with Crippen molar-refractivity contribution in [2.75, 3.05) is 0 Å². The minimum Gasteiger partial charge on any atom is -0.481 e. The highest BCUT2D eigenvalue weighted by atomic mass is 19.1. The summed E-state index contributed by atoms with van der Waals surface area (Å²) in [7, 11) is 0. The van der Waals surface area contributed by atoms with E-state index in [-0.39, 0.29) is 5.82 Å². The molecule has 1 N–H and O–H groups in total. The van der Waals surface area contributed by atoms with Gasteiger partial charge in [-0.2, -0.15) is 0 Å². The smallest absolute Gasteiger partial charge is 0.314 e. The zero-order chi connectivity index (χ0) is 24.4. The summed E-state index contributed by atoms with van der Waals surface area (Å²) in [6.45, 7) is 4.42. The van der Waals surface area contributed by atoms with Crippen molar-refractivity contribution in [2.45, 2.75) is 109 Å². The van der Waals surface area contributed by atoms with Gasteiger partial charge >= 0.3 is 5.97 Å². The molecule has 2 nitrogen and oxygen atoms in total. The summed E-state index contributed by atoms with van der Waals surface area (Å²) >= 11 is 0. The molecule has 0 unspecified atom stereocenters. The lowest BCUT2D eigenvalue weighted by atomic mass is 9.66. The lowest BCUT2D eigenvalue weighted by Gasteiger charge is -2.37. The van der Waals surface area contributed by atoms with Crippen LogP contribution in [0.5, 0.6) is 0 Å². The van der Waals surface area contributed by atoms with Gasteiger partial charge < -0.3 is 5.11 Å². The van der Waals surface area contributed by atoms with E-state index in [1.54, 1.807) is 6.07 Å². The fourth-order valence-electron chi connectivity index (χ4n) is 5.60. The van der Waals surface area contributed by atoms with E-state index in [2.05, 4.69) is 13.8 Å². The van der Waals surface area contributed by atoms with Crippen LogP contribution >= 0.6 is 0 Å². The number of halogens is 1. The molecule has 0 bridgehead atoms. The first kappa shape index (κ1) is 26.4. The van der Waals surface area contributed by atoms with Gasteiger partial charge in [0.15, 0.2) is 0 Å². The summed E-state index contributed by atoms with van der Waals surface area (Å²) in [6, 6.07) is 13.4. The predicted molar refractivity (Wildman–Crippen MR) is 140 cm³/mol. The van der Waals surface area contributed by atoms with E-state index in [1.807, 2.05) is 36.4 Å². The molecule has 186 valence electrons. The van der Waals surface area contributed by atoms with Gasteiger partial charge in [0.1, 0.15) is 5.82 Å². The maximum atomic E-state index is 14.7. The van der Waals surface area contributed by atoms with Crippen LogP contribution in [0.25, 0.3) is 11.1 Å². The van der Waals surface area contributed by atoms with E-state index in [0.717, 1.165) is 54.4 Å². The van der Waals surface area contributed by atoms with E-state index in [1.165, 1.54) is 44.9 Å². The molecule has 0 atom stereocenters. The lowest BCUT2D eigenvalue weighted by Crippen LogP contribution is -2.39. The third-order valence-electron chi connectivity index (χ3n) is 7.96. The standard InChI is InChI=1S/C31H43FO2/c1-3-5-7-8-10-12-26-13-14-27(23-29(26)32)25-15-17-28(18-16-25)31(30(33)34)21-19-24(20-22-31)11-9-6-4-2/h13-18,23-24H,3-12,19-22H2,1-2H3,(H,33,34). The third-order valence-corrected chi connectivity index (χ3v) is 7.96. The fourth-order valence-corrected chi connectivity index (χ4v) is 5.60. The molecule has 0 amide bonds. The molecule has 1 aliphatic rings. The van der Waals surface area contributed by atoms with Crippen molar-refractivity contribution in [3.8, 4) is 11.1 Å². The van der Waals surface area contributed by atoms with E-state index < -0.39 is 11.4 Å². The summed E-state index contributed by atoms with van der Waals surface area (Å²) in [6.07, 6.45) is 15.0. The van der Waals surface area contributed by atoms with Crippen LogP contribution in [-0.4, -0.2) is 11.1 Å². The maximum absolute atomic E-state index is 14.7. The molecular weight excluding hydrogens is 423 g/mol. The van der Waals surface area contributed by atoms with E-state index in [0.29, 0.717) is 18.8 Å². The van der Waals surface area contributed by atoms with Gasteiger partial charge in [0.25, 0.3) is 0 Å². The summed E-state index contributed by atoms with van der Waals surface area (Å²) in [5, 5.41) is 10.2. The predicted octanol–water partition coefficient (Wildman–Crippen LogP) is 9.10. The zero-order valence-corrected chi connectivity index (χ0v) is 21.3. The second-order valence-electron chi connectivity index (χ2n) is 10.4. The van der Waals surface area contributed by atoms with E-state index >= 15 is 0 Å². The molecule has 0 heterocycles. The Labute approximate surface area is 206 Å². The SMILES string of the molecule is CCCCCCCc1ccc(-c2ccc(C3(C(=O)O)CCC(CCCCC)CC3)cc2)cc1F. The molecule has 34 heavy (non-hydrogen) atoms. The molecule has 1 saturated carbocycles. The number of hydrogen-bond acceptors (Lipinski definition) is 1. The van der Waals surface area contributed by atoms with Crippen LogP contribution in [0.1, 0.15) is 108 Å². The van der Waals surface area contributed by atoms with Crippen LogP contribution in [0.4, 0.5) is 4.39 Å². The largest absolute Gasteiger partial charge is 0.481 e. The average molecular weight is 467 g/mol. The minimum absolute atomic E-state index is 0.138. The Morgan fingerprint density at radius 3 is 2.12 bits per heavy atom. The van der Waals surface area contributed by atoms with E-state index in [4.69, 9.17) is 0 Å². The van der Waals surface area contributed by atoms with Crippen LogP contribution in [0.15, 0.2) is 42.5 Å². The molecule has 0 spiro atoms. The monoisotopic (exact) mass is 466 g/mol. The highest BCUT2D eigenvalue weighted by Crippen LogP contribution is 2.43. The van der Waals surface area contributed by atoms with Crippen molar-refractivity contribution in [3.63, 3.8) is 0 Å². The minimum atomic E-state index is -0.785. The number of carboxylic acids is 1. The molecule has 2 aromatic rings. The molecule has 2 aromatic carbocycles. The molecule has 1 fully saturated rings. The molecule has 0 saturated heterocycles. The Morgan fingerprint density at radius 2 is 1.50 bits per heavy atom. The highest BCUT2D eigenvalue weighted by Gasteiger charge is 2.43. The van der Waals surface area contributed by atoms with Gasteiger partial charge in [-0.1, -0.05) is 102 Å². The number of aliphatic carboxylic acids is 1. The van der Waals surface area contributed by atoms with Gasteiger partial charge in [-0.25, -0.2) is 4.39 Å². The van der Waals surface area contributed by atoms with Gasteiger partial charge in [-0.15, -0.1) is 0 Å². The van der Waals surface area contributed by atoms with E-state index in [9.17, 15) is 14.3 Å². The van der Waals surface area contributed by atoms with Gasteiger partial charge in [0, 0.05) is 0 Å². The number of benzene rings is 2. The van der Waals surface area contributed by atoms with Crippen LogP contribution in [0.2, 0.25) is 0 Å². The Balaban J connectivity index is 1.65. The zero-order valence-electron chi connectivity index (χ0n) is 21.3. The van der Waals surface area contributed by atoms with Crippen LogP contribution in [-0.2, 0) is 16.6 Å². The van der Waals surface area contributed by atoms with Crippen molar-refractivity contribution >= 4 is 5.97 Å². The van der Waals surface area contributed by atoms with Crippen LogP contribution < -0.4 is 0 Å². The Hall–Kier alpha value is -2.16. The summed E-state index contributed by atoms with van der Waals surface area (Å²) in [5.41, 5.74) is 2.68. The van der Waals surface area contributed by atoms with Gasteiger partial charge in [0.2, 0.25) is 0 Å². The number of carboxylic acid groups (broad SMARTS) is 1. The number of aryl methyl sites for hydroxylation is 1. The summed E-state index contributed by atoms with van der Waals surface area (Å²) < 4.78 is 14.7. The topological polar surface area (TPSA) is 37.3 Å². The van der Waals surface area contributed by atoms with Crippen LogP contribution in [0.3, 0.4) is 0 Å². The highest BCUT2D eigenvalue weighted by molar-refractivity contribution is 5.82. The first-order chi connectivity index (χ1) is 16.5. The van der Waals surface area contributed by atoms with Crippen molar-refractivity contribution in [1.82, 2.24) is 0 Å². The Bertz CT molecular complexity index is 894. The number of carbonyl (C=O) groups is 1. The number of rotatable bonds is 13. The van der Waals surface area contributed by atoms with Crippen molar-refractivity contribution < 1.29 is 14.3 Å². The Kier molecular flexibility index (Phi) is 10.2. The molecule has 0 aliphatic heterocycles. The third kappa shape index (κ3) is 6.71. The van der Waals surface area contributed by atoms with Crippen molar-refractivity contribution in [3.05, 3.63) is 59.4 Å². The second kappa shape index (κ2) is 13.1. The van der Waals surface area contributed by atoms with Crippen molar-refractivity contribution in [1.29, 1.82) is 0 Å². The fraction of sp³-hybridized carbons (Fsp3) is 0.581. The quantitative estimate of drug-likeness (QED) is 0.299. The van der Waals surface area contributed by atoms with Crippen molar-refractivity contribution in [2.24, 2.45) is 5.92 Å². The van der Waals surface area contributed by atoms with Gasteiger partial charge in [0.05, 0.1) is 5.41 Å². The Morgan fingerprint density at radius 1 is 0.882 bits per heavy atom.